The summed E-state index contributed by atoms with van der Waals surface area (Å²) < 4.78 is 18.1. The predicted octanol–water partition coefficient (Wildman–Crippen LogP) is 3.93. The molecular formula is C14H19FO2S. The van der Waals surface area contributed by atoms with Gasteiger partial charge in [0, 0.05) is 4.90 Å². The van der Waals surface area contributed by atoms with Crippen LogP contribution in [0.5, 0.6) is 0 Å². The Morgan fingerprint density at radius 3 is 2.33 bits per heavy atom. The third-order valence-electron chi connectivity index (χ3n) is 2.43. The molecule has 0 saturated carbocycles. The molecule has 0 spiro atoms. The monoisotopic (exact) mass is 270 g/mol. The number of carbonyl (C=O) groups excluding carboxylic acids is 1. The van der Waals surface area contributed by atoms with Crippen molar-refractivity contribution in [2.45, 2.75) is 43.5 Å². The molecule has 0 aromatic heterocycles. The van der Waals surface area contributed by atoms with E-state index in [2.05, 4.69) is 25.5 Å². The van der Waals surface area contributed by atoms with Crippen molar-refractivity contribution in [3.05, 3.63) is 29.8 Å². The first-order valence-electron chi connectivity index (χ1n) is 5.92. The molecule has 0 fully saturated rings. The fraction of sp³-hybridized carbons (Fsp3) is 0.500. The number of esters is 1. The Bertz CT molecular complexity index is 395. The lowest BCUT2D eigenvalue weighted by atomic mass is 9.87. The van der Waals surface area contributed by atoms with Crippen molar-refractivity contribution >= 4 is 17.7 Å². The molecule has 0 N–H and O–H groups in total. The summed E-state index contributed by atoms with van der Waals surface area (Å²) in [6, 6.07) is 7.58. The quantitative estimate of drug-likeness (QED) is 0.612. The van der Waals surface area contributed by atoms with Crippen LogP contribution in [0.4, 0.5) is 4.39 Å². The summed E-state index contributed by atoms with van der Waals surface area (Å²) in [6.45, 7) is 8.21. The second-order valence-electron chi connectivity index (χ2n) is 4.96. The first-order valence-corrected chi connectivity index (χ1v) is 6.80. The molecule has 0 bridgehead atoms. The zero-order chi connectivity index (χ0) is 13.8. The largest absolute Gasteiger partial charge is 0.463 e. The molecule has 2 nitrogen and oxygen atoms in total. The van der Waals surface area contributed by atoms with Gasteiger partial charge in [-0.2, -0.15) is 0 Å². The Kier molecular flexibility index (Phi) is 5.20. The van der Waals surface area contributed by atoms with Crippen LogP contribution in [0.25, 0.3) is 0 Å². The van der Waals surface area contributed by atoms with Gasteiger partial charge < -0.3 is 4.74 Å². The van der Waals surface area contributed by atoms with E-state index in [4.69, 9.17) is 0 Å². The molecular weight excluding hydrogens is 251 g/mol. The fourth-order valence-electron chi connectivity index (χ4n) is 1.41. The smallest absolute Gasteiger partial charge is 0.351 e. The van der Waals surface area contributed by atoms with E-state index < -0.39 is 11.5 Å². The number of carbonyl (C=O) groups is 1. The Balaban J connectivity index is 2.67. The van der Waals surface area contributed by atoms with Crippen molar-refractivity contribution in [2.24, 2.45) is 0 Å². The van der Waals surface area contributed by atoms with Crippen molar-refractivity contribution in [3.63, 3.8) is 0 Å². The normalized spacial score (nSPS) is 13.2. The van der Waals surface area contributed by atoms with Gasteiger partial charge in [0.15, 0.2) is 0 Å². The van der Waals surface area contributed by atoms with Gasteiger partial charge in [0.25, 0.3) is 0 Å². The van der Waals surface area contributed by atoms with Crippen LogP contribution >= 0.6 is 11.8 Å². The number of thioether (sulfide) groups is 1. The number of hydrogen-bond acceptors (Lipinski definition) is 3. The van der Waals surface area contributed by atoms with E-state index in [-0.39, 0.29) is 12.0 Å². The molecule has 1 atom stereocenters. The molecule has 0 saturated heterocycles. The summed E-state index contributed by atoms with van der Waals surface area (Å²) in [5, 5.41) is 0. The second kappa shape index (κ2) is 6.23. The molecule has 0 aliphatic carbocycles. The minimum Gasteiger partial charge on any atom is -0.463 e. The van der Waals surface area contributed by atoms with Crippen LogP contribution < -0.4 is 0 Å². The number of hydrogen-bond donors (Lipinski definition) is 0. The lowest BCUT2D eigenvalue weighted by Crippen LogP contribution is -2.15. The van der Waals surface area contributed by atoms with Gasteiger partial charge in [-0.25, -0.2) is 9.18 Å². The maximum Gasteiger partial charge on any atom is 0.351 e. The van der Waals surface area contributed by atoms with Gasteiger partial charge in [-0.05, 0) is 30.0 Å². The maximum absolute atomic E-state index is 13.5. The van der Waals surface area contributed by atoms with Gasteiger partial charge >= 0.3 is 5.97 Å². The van der Waals surface area contributed by atoms with Crippen LogP contribution in [0.1, 0.15) is 33.3 Å². The van der Waals surface area contributed by atoms with Crippen LogP contribution in [0, 0.1) is 0 Å². The highest BCUT2D eigenvalue weighted by molar-refractivity contribution is 8.00. The lowest BCUT2D eigenvalue weighted by molar-refractivity contribution is -0.145. The summed E-state index contributed by atoms with van der Waals surface area (Å²) in [5.74, 6) is -0.817. The van der Waals surface area contributed by atoms with Crippen molar-refractivity contribution in [2.75, 3.05) is 6.61 Å². The first kappa shape index (κ1) is 15.0. The van der Waals surface area contributed by atoms with Gasteiger partial charge in [0.05, 0.1) is 6.61 Å². The minimum absolute atomic E-state index is 0.0689. The molecule has 1 unspecified atom stereocenters. The van der Waals surface area contributed by atoms with E-state index in [1.165, 1.54) is 5.56 Å². The minimum atomic E-state index is -1.66. The molecule has 0 aliphatic rings. The molecule has 0 amide bonds. The molecule has 4 heteroatoms. The van der Waals surface area contributed by atoms with Gasteiger partial charge in [0.2, 0.25) is 5.50 Å². The van der Waals surface area contributed by atoms with E-state index in [1.54, 1.807) is 6.92 Å². The summed E-state index contributed by atoms with van der Waals surface area (Å²) >= 11 is 0.870. The number of benzene rings is 1. The summed E-state index contributed by atoms with van der Waals surface area (Å²) in [7, 11) is 0. The zero-order valence-electron chi connectivity index (χ0n) is 11.2. The maximum atomic E-state index is 13.5. The van der Waals surface area contributed by atoms with Gasteiger partial charge in [-0.1, -0.05) is 44.7 Å². The Hall–Kier alpha value is -1.03. The summed E-state index contributed by atoms with van der Waals surface area (Å²) in [4.78, 5) is 11.9. The number of alkyl halides is 1. The third-order valence-corrected chi connectivity index (χ3v) is 3.38. The average molecular weight is 270 g/mol. The second-order valence-corrected chi connectivity index (χ2v) is 6.08. The molecule has 0 heterocycles. The lowest BCUT2D eigenvalue weighted by Gasteiger charge is -2.19. The molecule has 0 radical (unpaired) electrons. The van der Waals surface area contributed by atoms with E-state index in [0.29, 0.717) is 0 Å². The molecule has 0 aliphatic heterocycles. The number of rotatable bonds is 4. The Morgan fingerprint density at radius 2 is 1.89 bits per heavy atom. The highest BCUT2D eigenvalue weighted by Crippen LogP contribution is 2.28. The zero-order valence-corrected chi connectivity index (χ0v) is 12.0. The summed E-state index contributed by atoms with van der Waals surface area (Å²) in [5.41, 5.74) is -0.414. The van der Waals surface area contributed by atoms with Gasteiger partial charge in [-0.15, -0.1) is 0 Å². The standard InChI is InChI=1S/C14H19FO2S/c1-5-17-13(16)12(15)18-11-8-6-10(7-9-11)14(2,3)4/h6-9,12H,5H2,1-4H3. The molecule has 18 heavy (non-hydrogen) atoms. The highest BCUT2D eigenvalue weighted by Gasteiger charge is 2.20. The van der Waals surface area contributed by atoms with Crippen molar-refractivity contribution in [3.8, 4) is 0 Å². The van der Waals surface area contributed by atoms with E-state index >= 15 is 0 Å². The Morgan fingerprint density at radius 1 is 1.33 bits per heavy atom. The molecule has 1 rings (SSSR count). The van der Waals surface area contributed by atoms with E-state index in [1.807, 2.05) is 24.3 Å². The van der Waals surface area contributed by atoms with Crippen molar-refractivity contribution < 1.29 is 13.9 Å². The topological polar surface area (TPSA) is 26.3 Å². The van der Waals surface area contributed by atoms with Gasteiger partial charge in [-0.3, -0.25) is 0 Å². The van der Waals surface area contributed by atoms with Gasteiger partial charge in [0.1, 0.15) is 0 Å². The van der Waals surface area contributed by atoms with Crippen LogP contribution in [-0.2, 0) is 14.9 Å². The first-order chi connectivity index (χ1) is 8.34. The van der Waals surface area contributed by atoms with Crippen LogP contribution in [0.15, 0.2) is 29.2 Å². The molecule has 100 valence electrons. The van der Waals surface area contributed by atoms with Crippen molar-refractivity contribution in [1.82, 2.24) is 0 Å². The summed E-state index contributed by atoms with van der Waals surface area (Å²) in [6.07, 6.45) is 0. The van der Waals surface area contributed by atoms with Crippen molar-refractivity contribution in [1.29, 1.82) is 0 Å². The fourth-order valence-corrected chi connectivity index (χ4v) is 2.11. The van der Waals surface area contributed by atoms with E-state index in [0.717, 1.165) is 16.7 Å². The van der Waals surface area contributed by atoms with Crippen LogP contribution in [0.2, 0.25) is 0 Å². The third kappa shape index (κ3) is 4.33. The van der Waals surface area contributed by atoms with E-state index in [9.17, 15) is 9.18 Å². The predicted molar refractivity (Wildman–Crippen MR) is 72.5 cm³/mol. The SMILES string of the molecule is CCOC(=O)C(F)Sc1ccc(C(C)(C)C)cc1. The number of halogens is 1. The van der Waals surface area contributed by atoms with Crippen LogP contribution in [-0.4, -0.2) is 18.1 Å². The highest BCUT2D eigenvalue weighted by atomic mass is 32.2. The number of ether oxygens (including phenoxy) is 1. The van der Waals surface area contributed by atoms with Crippen LogP contribution in [0.3, 0.4) is 0 Å². The average Bonchev–Trinajstić information content (AvgIpc) is 2.28. The molecule has 1 aromatic rings. The molecule has 1 aromatic carbocycles. The Labute approximate surface area is 112 Å².